The zero-order chi connectivity index (χ0) is 17.9. The summed E-state index contributed by atoms with van der Waals surface area (Å²) in [5.74, 6) is 0.240. The number of fused-ring (bicyclic) bond motifs is 1. The molecule has 0 aliphatic heterocycles. The van der Waals surface area contributed by atoms with Crippen molar-refractivity contribution >= 4 is 22.7 Å². The molecule has 1 N–H and O–H groups in total. The zero-order valence-corrected chi connectivity index (χ0v) is 14.1. The first-order chi connectivity index (χ1) is 12.7. The van der Waals surface area contributed by atoms with Gasteiger partial charge in [-0.15, -0.1) is 0 Å². The fourth-order valence-electron chi connectivity index (χ4n) is 2.63. The molecule has 26 heavy (non-hydrogen) atoms. The lowest BCUT2D eigenvalue weighted by Crippen LogP contribution is -2.13. The van der Waals surface area contributed by atoms with E-state index in [-0.39, 0.29) is 5.91 Å². The van der Waals surface area contributed by atoms with Gasteiger partial charge in [0, 0.05) is 24.3 Å². The number of nitrogens with one attached hydrogen (secondary N) is 1. The van der Waals surface area contributed by atoms with E-state index in [1.54, 1.807) is 42.9 Å². The highest BCUT2D eigenvalue weighted by molar-refractivity contribution is 6.03. The molecule has 4 rings (SSSR count). The lowest BCUT2D eigenvalue weighted by atomic mass is 10.2. The van der Waals surface area contributed by atoms with E-state index in [0.29, 0.717) is 28.4 Å². The van der Waals surface area contributed by atoms with Crippen LogP contribution in [0.2, 0.25) is 0 Å². The van der Waals surface area contributed by atoms with Crippen LogP contribution < -0.4 is 5.32 Å². The second-order valence-corrected chi connectivity index (χ2v) is 5.80. The second-order valence-electron chi connectivity index (χ2n) is 5.80. The molecule has 0 radical (unpaired) electrons. The van der Waals surface area contributed by atoms with E-state index < -0.39 is 0 Å². The van der Waals surface area contributed by atoms with Gasteiger partial charge in [0.25, 0.3) is 5.91 Å². The maximum Gasteiger partial charge on any atom is 0.274 e. The number of nitrogens with zero attached hydrogens (tertiary/aromatic N) is 3. The van der Waals surface area contributed by atoms with Crippen LogP contribution in [0.15, 0.2) is 65.5 Å². The number of oxazole rings is 1. The highest BCUT2D eigenvalue weighted by Gasteiger charge is 2.12. The summed E-state index contributed by atoms with van der Waals surface area (Å²) >= 11 is 0. The van der Waals surface area contributed by atoms with Gasteiger partial charge in [0.05, 0.1) is 5.56 Å². The van der Waals surface area contributed by atoms with Gasteiger partial charge in [0.15, 0.2) is 5.58 Å². The number of hydrogen-bond acceptors (Lipinski definition) is 5. The lowest BCUT2D eigenvalue weighted by molar-refractivity contribution is 0.102. The molecule has 128 valence electrons. The van der Waals surface area contributed by atoms with Crippen molar-refractivity contribution < 1.29 is 9.21 Å². The summed E-state index contributed by atoms with van der Waals surface area (Å²) in [4.78, 5) is 25.1. The van der Waals surface area contributed by atoms with E-state index in [1.165, 1.54) is 0 Å². The van der Waals surface area contributed by atoms with Crippen LogP contribution in [-0.2, 0) is 6.42 Å². The smallest absolute Gasteiger partial charge is 0.274 e. The third kappa shape index (κ3) is 3.17. The molecule has 0 saturated heterocycles. The van der Waals surface area contributed by atoms with Crippen LogP contribution in [-0.4, -0.2) is 20.9 Å². The zero-order valence-electron chi connectivity index (χ0n) is 14.1. The van der Waals surface area contributed by atoms with E-state index in [2.05, 4.69) is 20.3 Å². The number of anilines is 1. The van der Waals surface area contributed by atoms with Gasteiger partial charge in [-0.3, -0.25) is 14.8 Å². The first-order valence-electron chi connectivity index (χ1n) is 8.30. The minimum Gasteiger partial charge on any atom is -0.436 e. The van der Waals surface area contributed by atoms with Crippen LogP contribution in [0.4, 0.5) is 5.69 Å². The van der Waals surface area contributed by atoms with E-state index in [1.807, 2.05) is 25.1 Å². The molecule has 1 amide bonds. The number of benzene rings is 1. The second kappa shape index (κ2) is 6.76. The van der Waals surface area contributed by atoms with Crippen molar-refractivity contribution in [1.82, 2.24) is 15.0 Å². The first-order valence-corrected chi connectivity index (χ1v) is 8.30. The summed E-state index contributed by atoms with van der Waals surface area (Å²) in [5.41, 5.74) is 4.20. The summed E-state index contributed by atoms with van der Waals surface area (Å²) in [6, 6.07) is 12.7. The van der Waals surface area contributed by atoms with Gasteiger partial charge in [-0.05, 0) is 54.4 Å². The third-order valence-corrected chi connectivity index (χ3v) is 4.02. The molecular formula is C20H16N4O2. The van der Waals surface area contributed by atoms with Gasteiger partial charge >= 0.3 is 0 Å². The van der Waals surface area contributed by atoms with Crippen LogP contribution in [0.3, 0.4) is 0 Å². The molecule has 6 heteroatoms. The van der Waals surface area contributed by atoms with Crippen LogP contribution in [0, 0.1) is 0 Å². The van der Waals surface area contributed by atoms with Crippen molar-refractivity contribution in [3.05, 3.63) is 72.3 Å². The van der Waals surface area contributed by atoms with Crippen molar-refractivity contribution in [2.45, 2.75) is 13.3 Å². The Kier molecular flexibility index (Phi) is 4.15. The fourth-order valence-corrected chi connectivity index (χ4v) is 2.63. The van der Waals surface area contributed by atoms with Crippen molar-refractivity contribution in [3.63, 3.8) is 0 Å². The normalized spacial score (nSPS) is 10.8. The summed E-state index contributed by atoms with van der Waals surface area (Å²) in [5, 5.41) is 2.86. The topological polar surface area (TPSA) is 80.9 Å². The molecule has 1 aromatic carbocycles. The van der Waals surface area contributed by atoms with Gasteiger partial charge < -0.3 is 9.73 Å². The molecule has 0 unspecified atom stereocenters. The number of aryl methyl sites for hydroxylation is 1. The Hall–Kier alpha value is -3.54. The molecule has 0 fully saturated rings. The molecular weight excluding hydrogens is 328 g/mol. The Balaban J connectivity index is 1.60. The fraction of sp³-hybridized carbons (Fsp3) is 0.100. The Morgan fingerprint density at radius 2 is 2.08 bits per heavy atom. The minimum absolute atomic E-state index is 0.254. The average molecular weight is 344 g/mol. The van der Waals surface area contributed by atoms with Crippen LogP contribution in [0.25, 0.3) is 22.6 Å². The monoisotopic (exact) mass is 344 g/mol. The number of hydrogen-bond donors (Lipinski definition) is 1. The van der Waals surface area contributed by atoms with Gasteiger partial charge in [0.1, 0.15) is 11.2 Å². The van der Waals surface area contributed by atoms with Crippen molar-refractivity contribution in [2.75, 3.05) is 5.32 Å². The highest BCUT2D eigenvalue weighted by atomic mass is 16.3. The molecule has 0 aliphatic carbocycles. The van der Waals surface area contributed by atoms with E-state index >= 15 is 0 Å². The number of carbonyl (C=O) groups excluding carboxylic acids is 1. The Morgan fingerprint density at radius 3 is 2.88 bits per heavy atom. The predicted molar refractivity (Wildman–Crippen MR) is 98.8 cm³/mol. The molecule has 6 nitrogen and oxygen atoms in total. The number of carbonyl (C=O) groups is 1. The van der Waals surface area contributed by atoms with Gasteiger partial charge in [-0.25, -0.2) is 4.98 Å². The number of pyridine rings is 2. The predicted octanol–water partition coefficient (Wildman–Crippen LogP) is 4.10. The van der Waals surface area contributed by atoms with Gasteiger partial charge in [-0.1, -0.05) is 6.92 Å². The molecule has 0 bridgehead atoms. The van der Waals surface area contributed by atoms with Gasteiger partial charge in [-0.2, -0.15) is 0 Å². The van der Waals surface area contributed by atoms with Crippen LogP contribution >= 0.6 is 0 Å². The Labute approximate surface area is 149 Å². The number of aromatic nitrogens is 3. The van der Waals surface area contributed by atoms with Crippen LogP contribution in [0.1, 0.15) is 23.0 Å². The van der Waals surface area contributed by atoms with E-state index in [9.17, 15) is 4.79 Å². The summed E-state index contributed by atoms with van der Waals surface area (Å²) < 4.78 is 5.75. The molecule has 0 aliphatic rings. The first kappa shape index (κ1) is 16.0. The summed E-state index contributed by atoms with van der Waals surface area (Å²) in [6.07, 6.45) is 5.89. The van der Waals surface area contributed by atoms with Gasteiger partial charge in [0.2, 0.25) is 5.89 Å². The maximum atomic E-state index is 12.4. The van der Waals surface area contributed by atoms with Crippen molar-refractivity contribution in [2.24, 2.45) is 0 Å². The van der Waals surface area contributed by atoms with E-state index in [0.717, 1.165) is 17.5 Å². The lowest BCUT2D eigenvalue weighted by Gasteiger charge is -2.05. The van der Waals surface area contributed by atoms with Crippen LogP contribution in [0.5, 0.6) is 0 Å². The number of amides is 1. The average Bonchev–Trinajstić information content (AvgIpc) is 3.12. The maximum absolute atomic E-state index is 12.4. The highest BCUT2D eigenvalue weighted by Crippen LogP contribution is 2.25. The summed E-state index contributed by atoms with van der Waals surface area (Å²) in [6.45, 7) is 2.04. The largest absolute Gasteiger partial charge is 0.436 e. The summed E-state index contributed by atoms with van der Waals surface area (Å²) in [7, 11) is 0. The third-order valence-electron chi connectivity index (χ3n) is 4.02. The standard InChI is InChI=1S/C20H16N4O2/c1-2-13-7-9-22-17(10-13)19(25)23-15-5-6-18-16(11-15)24-20(26-18)14-4-3-8-21-12-14/h3-12H,2H2,1H3,(H,23,25). The van der Waals surface area contributed by atoms with E-state index in [4.69, 9.17) is 4.42 Å². The SMILES string of the molecule is CCc1ccnc(C(=O)Nc2ccc3oc(-c4cccnc4)nc3c2)c1. The minimum atomic E-state index is -0.254. The molecule has 0 saturated carbocycles. The Morgan fingerprint density at radius 1 is 1.15 bits per heavy atom. The molecule has 3 aromatic heterocycles. The quantitative estimate of drug-likeness (QED) is 0.603. The molecule has 0 atom stereocenters. The molecule has 3 heterocycles. The Bertz CT molecular complexity index is 1070. The van der Waals surface area contributed by atoms with Crippen molar-refractivity contribution in [1.29, 1.82) is 0 Å². The molecule has 4 aromatic rings. The number of rotatable bonds is 4. The van der Waals surface area contributed by atoms with Crippen molar-refractivity contribution in [3.8, 4) is 11.5 Å². The molecule has 0 spiro atoms.